The minimum Gasteiger partial charge on any atom is -0.455 e. The van der Waals surface area contributed by atoms with E-state index in [1.54, 1.807) is 13.8 Å². The SMILES string of the molecule is Cc1ccc2c(oc3c4ccccc4ccc23)c1C(C)(C)C.[2H]C([2H])(c1ccc2c(ccc3ccc4c5ccc(C)c(C(C)(C)C)c5oc4c32)c1)C(C)(C)C.[2H]C([2H])(c1cccc2c1ccc1ccc3c4ccc(C)c(C(C)(C)C)c4oc3c12)C(C)(C)C.[2H]Cc1ccc2c(n1)oc1c(C(C)(C)C)c(C)ccc12.[2H]c1c(C([2H])([2H])[2H])cc2c(c1[2H])c([2H])c([2H])c1c2oc2c(C(C)(C)C)c(C)c([2H])c([2H])c21.[2H]c1c([2H])c([2H])c2c(c1[2H])c([2H])c([2H])c1c2oc2c(C(C)(C)C)c(C)c([2H])c([2H])c21. The molecule has 0 N–H and O–H groups in total. The van der Waals surface area contributed by atoms with Gasteiger partial charge in [0.15, 0.2) is 0 Å². The summed E-state index contributed by atoms with van der Waals surface area (Å²) in [6, 6.07) is 60.3. The molecule has 0 bridgehead atoms. The fourth-order valence-electron chi connectivity index (χ4n) is 22.6. The van der Waals surface area contributed by atoms with Gasteiger partial charge in [0.05, 0.1) is 19.2 Å². The number of hydrogen-bond donors (Lipinski definition) is 0. The van der Waals surface area contributed by atoms with Crippen LogP contribution in [-0.2, 0) is 45.2 Å². The molecular formula is C141H145NO6. The lowest BCUT2D eigenvalue weighted by Crippen LogP contribution is -2.13. The minimum atomic E-state index is -2.65. The molecular weight excluding hydrogens is 1800 g/mol. The second-order valence-corrected chi connectivity index (χ2v) is 48.4. The van der Waals surface area contributed by atoms with E-state index in [-0.39, 0.29) is 143 Å². The first-order valence-electron chi connectivity index (χ1n) is 62.5. The number of furan rings is 6. The van der Waals surface area contributed by atoms with E-state index in [0.717, 1.165) is 126 Å². The van der Waals surface area contributed by atoms with Crippen LogP contribution >= 0.6 is 0 Å². The molecule has 0 fully saturated rings. The number of aryl methyl sites for hydroxylation is 6. The second-order valence-electron chi connectivity index (χ2n) is 48.4. The topological polar surface area (TPSA) is 91.7 Å². The van der Waals surface area contributed by atoms with Crippen molar-refractivity contribution < 1.29 is 56.7 Å². The maximum atomic E-state index is 8.92. The number of fused-ring (bicyclic) bond motifs is 32. The van der Waals surface area contributed by atoms with E-state index in [1.807, 2.05) is 119 Å². The van der Waals surface area contributed by atoms with Gasteiger partial charge in [0.2, 0.25) is 5.71 Å². The van der Waals surface area contributed by atoms with Crippen LogP contribution in [-0.4, -0.2) is 4.98 Å². The van der Waals surface area contributed by atoms with E-state index in [9.17, 15) is 0 Å². The van der Waals surface area contributed by atoms with Gasteiger partial charge in [-0.15, -0.1) is 0 Å². The molecule has 0 aliphatic rings. The number of nitrogens with zero attached hydrogens (tertiary/aromatic N) is 1. The summed E-state index contributed by atoms with van der Waals surface area (Å²) in [7, 11) is 0. The van der Waals surface area contributed by atoms with E-state index in [4.69, 9.17) is 56.7 Å². The third kappa shape index (κ3) is 18.6. The Labute approximate surface area is 903 Å². The molecule has 0 radical (unpaired) electrons. The van der Waals surface area contributed by atoms with Gasteiger partial charge < -0.3 is 26.5 Å². The summed E-state index contributed by atoms with van der Waals surface area (Å²) < 4.78 is 221. The zero-order chi connectivity index (χ0) is 124. The van der Waals surface area contributed by atoms with Crippen molar-refractivity contribution in [2.75, 3.05) is 0 Å². The maximum Gasteiger partial charge on any atom is 0.227 e. The molecule has 25 rings (SSSR count). The first kappa shape index (κ1) is 77.2. The molecule has 25 aromatic rings. The van der Waals surface area contributed by atoms with E-state index in [0.29, 0.717) is 44.7 Å². The van der Waals surface area contributed by atoms with Gasteiger partial charge >= 0.3 is 0 Å². The molecule has 7 nitrogen and oxygen atoms in total. The zero-order valence-corrected chi connectivity index (χ0v) is 91.0. The van der Waals surface area contributed by atoms with Crippen molar-refractivity contribution in [3.05, 3.63) is 362 Å². The van der Waals surface area contributed by atoms with E-state index in [2.05, 4.69) is 261 Å². The zero-order valence-electron chi connectivity index (χ0n) is 113. The predicted molar refractivity (Wildman–Crippen MR) is 639 cm³/mol. The van der Waals surface area contributed by atoms with Gasteiger partial charge in [0.1, 0.15) is 61.4 Å². The molecule has 750 valence electrons. The van der Waals surface area contributed by atoms with Crippen LogP contribution in [0.3, 0.4) is 0 Å². The van der Waals surface area contributed by atoms with E-state index in [1.165, 1.54) is 72.1 Å². The number of benzene rings is 18. The lowest BCUT2D eigenvalue weighted by atomic mass is 9.83. The lowest BCUT2D eigenvalue weighted by molar-refractivity contribution is 0.411. The highest BCUT2D eigenvalue weighted by Gasteiger charge is 2.33. The molecule has 0 unspecified atom stereocenters. The average molecular weight is 1970 g/mol. The second kappa shape index (κ2) is 36.9. The lowest BCUT2D eigenvalue weighted by Gasteiger charge is -2.21. The first-order valence-corrected chi connectivity index (χ1v) is 51.2. The van der Waals surface area contributed by atoms with Gasteiger partial charge in [0, 0.05) is 142 Å². The highest BCUT2D eigenvalue weighted by molar-refractivity contribution is 6.26. The summed E-state index contributed by atoms with van der Waals surface area (Å²) in [6.45, 7) is 59.8. The van der Waals surface area contributed by atoms with Crippen LogP contribution in [0.1, 0.15) is 285 Å². The van der Waals surface area contributed by atoms with Crippen LogP contribution in [0.25, 0.3) is 207 Å². The van der Waals surface area contributed by atoms with E-state index >= 15 is 0 Å². The fraction of sp³-hybridized carbons (Fsp3) is 0.298. The Morgan fingerprint density at radius 1 is 0.243 bits per heavy atom. The van der Waals surface area contributed by atoms with Crippen molar-refractivity contribution in [1.82, 2.24) is 4.98 Å². The summed E-state index contributed by atoms with van der Waals surface area (Å²) in [5.41, 5.74) is 20.7. The van der Waals surface area contributed by atoms with Crippen molar-refractivity contribution in [3.63, 3.8) is 0 Å². The first-order chi connectivity index (χ1) is 78.9. The van der Waals surface area contributed by atoms with Gasteiger partial charge in [0.25, 0.3) is 0 Å². The molecule has 0 amide bonds. The molecule has 0 saturated heterocycles. The molecule has 7 heteroatoms. The molecule has 0 aliphatic heterocycles. The van der Waals surface area contributed by atoms with Gasteiger partial charge in [-0.05, 0) is 253 Å². The summed E-state index contributed by atoms with van der Waals surface area (Å²) in [4.78, 5) is 4.43. The molecule has 0 atom stereocenters. The summed E-state index contributed by atoms with van der Waals surface area (Å²) in [6.07, 6.45) is -2.90. The van der Waals surface area contributed by atoms with Crippen molar-refractivity contribution in [2.45, 2.75) is 267 Å². The number of hydrogen-bond acceptors (Lipinski definition) is 7. The summed E-state index contributed by atoms with van der Waals surface area (Å²) in [5, 5.41) is 20.8. The highest BCUT2D eigenvalue weighted by atomic mass is 16.4. The average Bonchev–Trinajstić information content (AvgIpc) is 1.54. The maximum absolute atomic E-state index is 8.92. The van der Waals surface area contributed by atoms with Crippen LogP contribution < -0.4 is 0 Å². The molecule has 18 aromatic carbocycles. The normalized spacial score (nSPS) is 15.2. The van der Waals surface area contributed by atoms with Crippen LogP contribution in [0.15, 0.2) is 299 Å². The smallest absolute Gasteiger partial charge is 0.227 e. The summed E-state index contributed by atoms with van der Waals surface area (Å²) >= 11 is 0. The molecule has 148 heavy (non-hydrogen) atoms. The van der Waals surface area contributed by atoms with Crippen molar-refractivity contribution in [2.24, 2.45) is 10.8 Å². The number of pyridine rings is 1. The Morgan fingerprint density at radius 2 is 0.601 bits per heavy atom. The molecule has 0 saturated carbocycles. The van der Waals surface area contributed by atoms with Gasteiger partial charge in [-0.25, -0.2) is 4.98 Å². The molecule has 7 aromatic heterocycles. The Morgan fingerprint density at radius 3 is 1.09 bits per heavy atom. The van der Waals surface area contributed by atoms with Gasteiger partial charge in [-0.1, -0.05) is 396 Å². The Kier molecular flexibility index (Phi) is 19.3. The molecule has 0 aliphatic carbocycles. The number of rotatable bonds is 2. The quantitative estimate of drug-likeness (QED) is 0.159. The Balaban J connectivity index is 0.000000121. The predicted octanol–water partition coefficient (Wildman–Crippen LogP) is 42.4. The van der Waals surface area contributed by atoms with Crippen molar-refractivity contribution in [3.8, 4) is 0 Å². The summed E-state index contributed by atoms with van der Waals surface area (Å²) in [5.74, 6) is 0. The van der Waals surface area contributed by atoms with Crippen LogP contribution in [0.2, 0.25) is 0 Å². The Hall–Kier alpha value is -14.3. The van der Waals surface area contributed by atoms with Gasteiger partial charge in [-0.3, -0.25) is 0 Å². The largest absolute Gasteiger partial charge is 0.455 e. The fourth-order valence-corrected chi connectivity index (χ4v) is 22.6. The Bertz CT molecular complexity index is 10900. The molecule has 7 heterocycles. The monoisotopic (exact) mass is 1970 g/mol. The van der Waals surface area contributed by atoms with Crippen LogP contribution in [0.4, 0.5) is 0 Å². The van der Waals surface area contributed by atoms with Crippen molar-refractivity contribution >= 4 is 207 Å². The van der Waals surface area contributed by atoms with E-state index < -0.39 is 71.5 Å². The van der Waals surface area contributed by atoms with Gasteiger partial charge in [-0.2, -0.15) is 0 Å². The third-order valence-electron chi connectivity index (χ3n) is 28.1. The van der Waals surface area contributed by atoms with Crippen LogP contribution in [0, 0.1) is 66.1 Å². The highest BCUT2D eigenvalue weighted by Crippen LogP contribution is 2.50. The third-order valence-corrected chi connectivity index (χ3v) is 28.1. The number of aromatic nitrogens is 1. The standard InChI is InChI=1S/2C30H32O.C22H22O.2C21H20O.C17H19NO/c1-18-8-13-24-23-15-12-20-10-11-21-16-19(17-29(2,3)4)9-14-22(21)25(20)27(23)31-28(24)26(18)30(5,6)7;1-18-11-14-24-23-16-13-19-12-15-21-20(17-29(2,3)4)9-8-10-22(21)25(19)27(23)31-28(24)26(18)30(5,6)7;1-13-6-8-15-9-11-16-17-10-7-14(2)19(22(3,4)5)21(17)23-20(16)18(15)12-13;2*1-13-9-11-17-16-12-10-14-7-5-6-8-15(14)19(16)22-20(17)18(13)21(2,3)4;1-10-6-8-12-13-9-7-11(2)18-16(13)19-15(12)14(10)17(3,4)5/h2*8-16H,17H2,1-7H3;6-12H,1-5H3;2*5-12H,1-4H3;6-9H,1-5H3/i2*17D2;1D3,6D,7D,8D,9D,10D,11D;5D,6D,7D,8D,9D,10D,11D,12D;;2D. The van der Waals surface area contributed by atoms with Crippen molar-refractivity contribution in [1.29, 1.82) is 0 Å². The van der Waals surface area contributed by atoms with Crippen LogP contribution in [0.5, 0.6) is 0 Å². The molecule has 0 spiro atoms. The minimum absolute atomic E-state index is 0.00187.